The summed E-state index contributed by atoms with van der Waals surface area (Å²) in [5, 5.41) is 3.18. The number of oxazole rings is 1. The first-order valence-electron chi connectivity index (χ1n) is 5.31. The first-order chi connectivity index (χ1) is 8.19. The van der Waals surface area contributed by atoms with Gasteiger partial charge in [-0.25, -0.2) is 15.8 Å². The lowest BCUT2D eigenvalue weighted by atomic mass is 10.3. The van der Waals surface area contributed by atoms with Crippen molar-refractivity contribution in [1.82, 2.24) is 9.97 Å². The maximum Gasteiger partial charge on any atom is 0.216 e. The topological polar surface area (TPSA) is 89.0 Å². The van der Waals surface area contributed by atoms with Crippen LogP contribution >= 0.6 is 0 Å². The average molecular weight is 233 g/mol. The van der Waals surface area contributed by atoms with Gasteiger partial charge in [0.2, 0.25) is 5.89 Å². The van der Waals surface area contributed by atoms with Crippen molar-refractivity contribution < 1.29 is 4.42 Å². The van der Waals surface area contributed by atoms with Gasteiger partial charge in [-0.3, -0.25) is 0 Å². The molecule has 1 atom stereocenters. The molecule has 6 nitrogen and oxygen atoms in total. The highest BCUT2D eigenvalue weighted by Gasteiger charge is 2.11. The van der Waals surface area contributed by atoms with Crippen molar-refractivity contribution >= 4 is 11.6 Å². The predicted octanol–water partition coefficient (Wildman–Crippen LogP) is 1.84. The van der Waals surface area contributed by atoms with E-state index in [-0.39, 0.29) is 6.04 Å². The van der Waals surface area contributed by atoms with Crippen LogP contribution in [0, 0.1) is 6.92 Å². The molecule has 2 heterocycles. The minimum atomic E-state index is -0.0516. The van der Waals surface area contributed by atoms with Crippen LogP contribution in [0.2, 0.25) is 0 Å². The summed E-state index contributed by atoms with van der Waals surface area (Å²) in [5.74, 6) is 8.03. The van der Waals surface area contributed by atoms with Gasteiger partial charge in [-0.1, -0.05) is 6.07 Å². The van der Waals surface area contributed by atoms with Gasteiger partial charge < -0.3 is 15.2 Å². The summed E-state index contributed by atoms with van der Waals surface area (Å²) in [4.78, 5) is 8.40. The maximum atomic E-state index is 5.43. The summed E-state index contributed by atoms with van der Waals surface area (Å²) in [6.07, 6.45) is 1.69. The minimum absolute atomic E-state index is 0.0516. The normalized spacial score (nSPS) is 12.2. The van der Waals surface area contributed by atoms with Crippen LogP contribution < -0.4 is 16.6 Å². The highest BCUT2D eigenvalue weighted by molar-refractivity contribution is 5.45. The molecule has 0 fully saturated rings. The van der Waals surface area contributed by atoms with Gasteiger partial charge in [0, 0.05) is 0 Å². The van der Waals surface area contributed by atoms with Crippen molar-refractivity contribution in [2.75, 3.05) is 10.7 Å². The number of anilines is 2. The number of aromatic nitrogens is 2. The van der Waals surface area contributed by atoms with Crippen LogP contribution in [0.5, 0.6) is 0 Å². The van der Waals surface area contributed by atoms with Crippen LogP contribution in [-0.2, 0) is 0 Å². The van der Waals surface area contributed by atoms with Gasteiger partial charge in [-0.2, -0.15) is 0 Å². The maximum absolute atomic E-state index is 5.43. The van der Waals surface area contributed by atoms with E-state index in [1.54, 1.807) is 12.3 Å². The number of aryl methyl sites for hydroxylation is 1. The number of hydrazine groups is 1. The lowest BCUT2D eigenvalue weighted by Gasteiger charge is -2.11. The highest BCUT2D eigenvalue weighted by atomic mass is 16.4. The molecule has 2 aromatic heterocycles. The molecule has 0 aliphatic rings. The molecule has 17 heavy (non-hydrogen) atoms. The van der Waals surface area contributed by atoms with Crippen molar-refractivity contribution in [2.24, 2.45) is 5.84 Å². The van der Waals surface area contributed by atoms with E-state index in [0.29, 0.717) is 17.5 Å². The second-order valence-corrected chi connectivity index (χ2v) is 3.73. The summed E-state index contributed by atoms with van der Waals surface area (Å²) < 4.78 is 5.43. The van der Waals surface area contributed by atoms with Crippen LogP contribution in [0.4, 0.5) is 11.6 Å². The number of pyridine rings is 1. The van der Waals surface area contributed by atoms with E-state index >= 15 is 0 Å². The van der Waals surface area contributed by atoms with E-state index in [0.717, 1.165) is 5.76 Å². The lowest BCUT2D eigenvalue weighted by Crippen LogP contribution is -2.11. The first-order valence-corrected chi connectivity index (χ1v) is 5.31. The standard InChI is InChI=1S/C11H15N5O/c1-7-6-13-11(17-7)8(2)14-9-4-3-5-10(15-9)16-12/h3-6,8H,12H2,1-2H3,(H2,14,15,16). The molecule has 0 amide bonds. The fraction of sp³-hybridized carbons (Fsp3) is 0.273. The Morgan fingerprint density at radius 3 is 2.76 bits per heavy atom. The lowest BCUT2D eigenvalue weighted by molar-refractivity contribution is 0.453. The fourth-order valence-electron chi connectivity index (χ4n) is 1.45. The van der Waals surface area contributed by atoms with Crippen LogP contribution in [0.1, 0.15) is 24.6 Å². The molecule has 0 bridgehead atoms. The molecule has 2 rings (SSSR count). The highest BCUT2D eigenvalue weighted by Crippen LogP contribution is 2.18. The van der Waals surface area contributed by atoms with Crippen molar-refractivity contribution in [3.63, 3.8) is 0 Å². The van der Waals surface area contributed by atoms with Crippen molar-refractivity contribution in [3.8, 4) is 0 Å². The van der Waals surface area contributed by atoms with Gasteiger partial charge in [-0.15, -0.1) is 0 Å². The van der Waals surface area contributed by atoms with E-state index in [4.69, 9.17) is 10.3 Å². The Kier molecular flexibility index (Phi) is 3.24. The minimum Gasteiger partial charge on any atom is -0.444 e. The van der Waals surface area contributed by atoms with Gasteiger partial charge in [-0.05, 0) is 26.0 Å². The molecular formula is C11H15N5O. The third kappa shape index (κ3) is 2.73. The third-order valence-corrected chi connectivity index (χ3v) is 2.27. The molecule has 6 heteroatoms. The van der Waals surface area contributed by atoms with E-state index in [2.05, 4.69) is 20.7 Å². The van der Waals surface area contributed by atoms with Gasteiger partial charge in [0.25, 0.3) is 0 Å². The second-order valence-electron chi connectivity index (χ2n) is 3.73. The van der Waals surface area contributed by atoms with Gasteiger partial charge in [0.1, 0.15) is 23.4 Å². The molecule has 90 valence electrons. The van der Waals surface area contributed by atoms with Crippen LogP contribution in [0.25, 0.3) is 0 Å². The summed E-state index contributed by atoms with van der Waals surface area (Å²) in [5.41, 5.74) is 2.49. The van der Waals surface area contributed by atoms with E-state index < -0.39 is 0 Å². The third-order valence-electron chi connectivity index (χ3n) is 2.27. The van der Waals surface area contributed by atoms with Crippen LogP contribution in [-0.4, -0.2) is 9.97 Å². The second kappa shape index (κ2) is 4.84. The zero-order valence-electron chi connectivity index (χ0n) is 9.77. The summed E-state index contributed by atoms with van der Waals surface area (Å²) in [6, 6.07) is 5.44. The monoisotopic (exact) mass is 233 g/mol. The quantitative estimate of drug-likeness (QED) is 0.551. The Balaban J connectivity index is 2.09. The Labute approximate surface area is 99.2 Å². The predicted molar refractivity (Wildman–Crippen MR) is 65.3 cm³/mol. The van der Waals surface area contributed by atoms with Crippen molar-refractivity contribution in [3.05, 3.63) is 36.0 Å². The van der Waals surface area contributed by atoms with E-state index in [9.17, 15) is 0 Å². The number of hydrogen-bond donors (Lipinski definition) is 3. The van der Waals surface area contributed by atoms with Crippen molar-refractivity contribution in [1.29, 1.82) is 0 Å². The largest absolute Gasteiger partial charge is 0.444 e. The van der Waals surface area contributed by atoms with Crippen LogP contribution in [0.15, 0.2) is 28.8 Å². The SMILES string of the molecule is Cc1cnc(C(C)Nc2cccc(NN)n2)o1. The molecule has 0 saturated heterocycles. The average Bonchev–Trinajstić information content (AvgIpc) is 2.76. The Hall–Kier alpha value is -2.08. The van der Waals surface area contributed by atoms with Gasteiger partial charge in [0.15, 0.2) is 0 Å². The Bertz CT molecular complexity index is 496. The molecule has 0 spiro atoms. The molecule has 1 unspecified atom stereocenters. The number of nitrogens with one attached hydrogen (secondary N) is 2. The molecule has 4 N–H and O–H groups in total. The molecule has 0 aromatic carbocycles. The van der Waals surface area contributed by atoms with Crippen LogP contribution in [0.3, 0.4) is 0 Å². The number of rotatable bonds is 4. The molecule has 2 aromatic rings. The van der Waals surface area contributed by atoms with Crippen molar-refractivity contribution in [2.45, 2.75) is 19.9 Å². The fourth-order valence-corrected chi connectivity index (χ4v) is 1.45. The number of nitrogen functional groups attached to an aromatic ring is 1. The molecular weight excluding hydrogens is 218 g/mol. The number of hydrogen-bond acceptors (Lipinski definition) is 6. The molecule has 0 radical (unpaired) electrons. The Morgan fingerprint density at radius 2 is 2.12 bits per heavy atom. The first kappa shape index (κ1) is 11.4. The van der Waals surface area contributed by atoms with E-state index in [1.807, 2.05) is 26.0 Å². The number of nitrogens with zero attached hydrogens (tertiary/aromatic N) is 2. The molecule has 0 aliphatic carbocycles. The summed E-state index contributed by atoms with van der Waals surface area (Å²) >= 11 is 0. The number of nitrogens with two attached hydrogens (primary N) is 1. The van der Waals surface area contributed by atoms with E-state index in [1.165, 1.54) is 0 Å². The smallest absolute Gasteiger partial charge is 0.216 e. The zero-order valence-corrected chi connectivity index (χ0v) is 9.77. The summed E-state index contributed by atoms with van der Waals surface area (Å²) in [6.45, 7) is 3.82. The molecule has 0 aliphatic heterocycles. The molecule has 0 saturated carbocycles. The van der Waals surface area contributed by atoms with Gasteiger partial charge >= 0.3 is 0 Å². The van der Waals surface area contributed by atoms with Gasteiger partial charge in [0.05, 0.1) is 6.20 Å². The Morgan fingerprint density at radius 1 is 1.35 bits per heavy atom. The zero-order chi connectivity index (χ0) is 12.3. The summed E-state index contributed by atoms with van der Waals surface area (Å²) in [7, 11) is 0.